The molecule has 0 radical (unpaired) electrons. The molecule has 0 unspecified atom stereocenters. The van der Waals surface area contributed by atoms with Crippen molar-refractivity contribution in [3.8, 4) is 0 Å². The van der Waals surface area contributed by atoms with Gasteiger partial charge in [0.25, 0.3) is 0 Å². The molecule has 0 N–H and O–H groups in total. The Kier molecular flexibility index (Phi) is 21.4. The van der Waals surface area contributed by atoms with Crippen molar-refractivity contribution in [1.82, 2.24) is 0 Å². The lowest BCUT2D eigenvalue weighted by atomic mass is 10.1. The number of anilines is 15. The number of benzene rings is 13. The zero-order chi connectivity index (χ0) is 67.6. The largest absolute Gasteiger partial charge is 0.311 e. The second kappa shape index (κ2) is 31.4. The van der Waals surface area contributed by atoms with Gasteiger partial charge in [-0.05, 0) is 272 Å². The predicted octanol–water partition coefficient (Wildman–Crippen LogP) is 23.5. The molecular weight excluding hydrogens is 1190 g/mol. The highest BCUT2D eigenvalue weighted by Crippen LogP contribution is 2.42. The predicted molar refractivity (Wildman–Crippen MR) is 403 cm³/mol. The molecule has 97 heavy (non-hydrogen) atoms. The van der Waals surface area contributed by atoms with Gasteiger partial charge < -0.3 is 24.5 Å². The van der Waals surface area contributed by atoms with Crippen LogP contribution in [-0.2, 0) is 0 Å². The number of aldehydes is 4. The second-order valence-electron chi connectivity index (χ2n) is 23.9. The van der Waals surface area contributed by atoms with Gasteiger partial charge in [-0.15, -0.1) is 0 Å². The van der Waals surface area contributed by atoms with E-state index in [1.54, 1.807) is 0 Å². The standard InChI is InChI=1S/C34H28N2O2.C33H28N2O.C21H19NO/c1-25-3-11-29(12-4-25)35(31-15-7-27(23-37)8-16-31)33-19-21-34(22-20-33)36(30-13-5-26(2)6-14-30)32-17-9-28(24-38)10-18-32;1-25-8-14-29(15-9-25)34(28-6-4-3-5-7-28)32-20-22-33(23-21-32)35(30-16-10-26(2)11-17-30)31-18-12-27(24-36)13-19-31;1-16-3-9-19(10-4-16)22(20-11-5-17(2)6-12-20)21-13-7-18(15-23)8-14-21/h3-24H,1-2H3;3-24H,1-2H3;3-15H,1-2H3. The molecule has 0 heterocycles. The number of nitrogens with zero attached hydrogens (tertiary/aromatic N) is 5. The molecule has 0 aliphatic carbocycles. The van der Waals surface area contributed by atoms with Crippen LogP contribution in [0.4, 0.5) is 85.3 Å². The van der Waals surface area contributed by atoms with E-state index in [0.717, 1.165) is 110 Å². The summed E-state index contributed by atoms with van der Waals surface area (Å²) in [6, 6.07) is 109. The molecule has 13 rings (SSSR count). The van der Waals surface area contributed by atoms with Crippen molar-refractivity contribution >= 4 is 110 Å². The summed E-state index contributed by atoms with van der Waals surface area (Å²) in [6.45, 7) is 12.5. The first kappa shape index (κ1) is 66.0. The maximum atomic E-state index is 11.2. The van der Waals surface area contributed by atoms with Crippen LogP contribution in [0.3, 0.4) is 0 Å². The lowest BCUT2D eigenvalue weighted by molar-refractivity contribution is 0.111. The van der Waals surface area contributed by atoms with Crippen LogP contribution < -0.4 is 24.5 Å². The van der Waals surface area contributed by atoms with E-state index in [0.29, 0.717) is 22.3 Å². The SMILES string of the molecule is Cc1ccc(N(c2ccc(C)cc2)c2ccc(C=O)cc2)cc1.Cc1ccc(N(c2ccc(C=O)cc2)c2ccc(N(c3ccc(C)cc3)c3ccc(C=O)cc3)cc2)cc1.Cc1ccc(N(c2ccccc2)c2ccc(N(c3ccc(C)cc3)c3ccc(C=O)cc3)cc2)cc1. The van der Waals surface area contributed by atoms with E-state index in [4.69, 9.17) is 0 Å². The minimum absolute atomic E-state index is 0.641. The third-order valence-corrected chi connectivity index (χ3v) is 16.6. The Morgan fingerprint density at radius 1 is 0.155 bits per heavy atom. The maximum absolute atomic E-state index is 11.2. The van der Waals surface area contributed by atoms with Gasteiger partial charge in [-0.3, -0.25) is 19.2 Å². The fraction of sp³-hybridized carbons (Fsp3) is 0.0682. The molecule has 9 nitrogen and oxygen atoms in total. The second-order valence-corrected chi connectivity index (χ2v) is 23.9. The van der Waals surface area contributed by atoms with E-state index in [9.17, 15) is 19.2 Å². The summed E-state index contributed by atoms with van der Waals surface area (Å²) in [6.07, 6.45) is 3.45. The minimum Gasteiger partial charge on any atom is -0.311 e. The minimum atomic E-state index is 0.641. The van der Waals surface area contributed by atoms with Gasteiger partial charge in [-0.1, -0.05) is 124 Å². The number of para-hydroxylation sites is 1. The molecule has 476 valence electrons. The number of rotatable bonds is 19. The van der Waals surface area contributed by atoms with Gasteiger partial charge in [0.2, 0.25) is 0 Å². The molecule has 0 bridgehead atoms. The quantitative estimate of drug-likeness (QED) is 0.0735. The van der Waals surface area contributed by atoms with Gasteiger partial charge in [-0.2, -0.15) is 0 Å². The number of carbonyl (C=O) groups is 4. The lowest BCUT2D eigenvalue weighted by Crippen LogP contribution is -2.12. The van der Waals surface area contributed by atoms with E-state index < -0.39 is 0 Å². The summed E-state index contributed by atoms with van der Waals surface area (Å²) in [7, 11) is 0. The summed E-state index contributed by atoms with van der Waals surface area (Å²) in [5.41, 5.74) is 25.5. The van der Waals surface area contributed by atoms with Crippen LogP contribution in [0.5, 0.6) is 0 Å². The first-order valence-electron chi connectivity index (χ1n) is 32.2. The van der Waals surface area contributed by atoms with E-state index >= 15 is 0 Å². The summed E-state index contributed by atoms with van der Waals surface area (Å²) in [5.74, 6) is 0. The first-order chi connectivity index (χ1) is 47.3. The van der Waals surface area contributed by atoms with Crippen LogP contribution in [0.2, 0.25) is 0 Å². The van der Waals surface area contributed by atoms with Crippen LogP contribution >= 0.6 is 0 Å². The smallest absolute Gasteiger partial charge is 0.150 e. The van der Waals surface area contributed by atoms with E-state index in [1.165, 1.54) is 33.4 Å². The zero-order valence-corrected chi connectivity index (χ0v) is 55.3. The molecule has 0 atom stereocenters. The van der Waals surface area contributed by atoms with E-state index in [-0.39, 0.29) is 0 Å². The Morgan fingerprint density at radius 2 is 0.268 bits per heavy atom. The Morgan fingerprint density at radius 3 is 0.402 bits per heavy atom. The molecular formula is C88H75N5O4. The van der Waals surface area contributed by atoms with Crippen molar-refractivity contribution < 1.29 is 19.2 Å². The van der Waals surface area contributed by atoms with Gasteiger partial charge in [0.05, 0.1) is 0 Å². The first-order valence-corrected chi connectivity index (χ1v) is 32.2. The number of carbonyl (C=O) groups excluding carboxylic acids is 4. The number of hydrogen-bond acceptors (Lipinski definition) is 9. The molecule has 0 aromatic heterocycles. The average molecular weight is 1270 g/mol. The molecule has 0 fully saturated rings. The van der Waals surface area contributed by atoms with Crippen molar-refractivity contribution in [3.05, 3.63) is 377 Å². The van der Waals surface area contributed by atoms with E-state index in [2.05, 4.69) is 284 Å². The molecule has 0 spiro atoms. The lowest BCUT2D eigenvalue weighted by Gasteiger charge is -2.28. The maximum Gasteiger partial charge on any atom is 0.150 e. The van der Waals surface area contributed by atoms with Gasteiger partial charge in [0.15, 0.2) is 0 Å². The van der Waals surface area contributed by atoms with Crippen LogP contribution in [0, 0.1) is 41.5 Å². The summed E-state index contributed by atoms with van der Waals surface area (Å²) >= 11 is 0. The average Bonchev–Trinajstić information content (AvgIpc) is 0.836. The van der Waals surface area contributed by atoms with Crippen molar-refractivity contribution in [2.75, 3.05) is 24.5 Å². The van der Waals surface area contributed by atoms with Crippen molar-refractivity contribution in [2.45, 2.75) is 41.5 Å². The van der Waals surface area contributed by atoms with Crippen molar-refractivity contribution in [2.24, 2.45) is 0 Å². The van der Waals surface area contributed by atoms with Gasteiger partial charge in [-0.25, -0.2) is 0 Å². The topological polar surface area (TPSA) is 84.5 Å². The molecule has 0 aliphatic rings. The Hall–Kier alpha value is -12.5. The normalized spacial score (nSPS) is 10.5. The van der Waals surface area contributed by atoms with Crippen LogP contribution in [0.15, 0.2) is 322 Å². The Bertz CT molecular complexity index is 4520. The Balaban J connectivity index is 0.000000152. The number of hydrogen-bond donors (Lipinski definition) is 0. The van der Waals surface area contributed by atoms with Crippen LogP contribution in [0.1, 0.15) is 74.8 Å². The van der Waals surface area contributed by atoms with Gasteiger partial charge in [0, 0.05) is 108 Å². The van der Waals surface area contributed by atoms with Gasteiger partial charge >= 0.3 is 0 Å². The fourth-order valence-electron chi connectivity index (χ4n) is 11.3. The fourth-order valence-corrected chi connectivity index (χ4v) is 11.3. The van der Waals surface area contributed by atoms with Crippen molar-refractivity contribution in [1.29, 1.82) is 0 Å². The summed E-state index contributed by atoms with van der Waals surface area (Å²) in [5, 5.41) is 0. The highest BCUT2D eigenvalue weighted by molar-refractivity contribution is 5.87. The number of aryl methyl sites for hydroxylation is 6. The monoisotopic (exact) mass is 1270 g/mol. The van der Waals surface area contributed by atoms with Gasteiger partial charge in [0.1, 0.15) is 25.1 Å². The Labute approximate surface area is 569 Å². The molecule has 13 aromatic carbocycles. The van der Waals surface area contributed by atoms with E-state index in [1.807, 2.05) is 103 Å². The molecule has 0 aliphatic heterocycles. The molecule has 13 aromatic rings. The molecule has 9 heteroatoms. The zero-order valence-electron chi connectivity index (χ0n) is 55.3. The summed E-state index contributed by atoms with van der Waals surface area (Å²) < 4.78 is 0. The summed E-state index contributed by atoms with van der Waals surface area (Å²) in [4.78, 5) is 55.5. The third-order valence-electron chi connectivity index (χ3n) is 16.6. The third kappa shape index (κ3) is 16.5. The highest BCUT2D eigenvalue weighted by atomic mass is 16.1. The molecule has 0 saturated carbocycles. The molecule has 0 saturated heterocycles. The molecule has 0 amide bonds. The van der Waals surface area contributed by atoms with Crippen molar-refractivity contribution in [3.63, 3.8) is 0 Å². The van der Waals surface area contributed by atoms with Crippen LogP contribution in [-0.4, -0.2) is 25.1 Å². The highest BCUT2D eigenvalue weighted by Gasteiger charge is 2.19. The van der Waals surface area contributed by atoms with Crippen LogP contribution in [0.25, 0.3) is 0 Å².